The minimum Gasteiger partial charge on any atom is -0.380 e. The van der Waals surface area contributed by atoms with E-state index in [-0.39, 0.29) is 17.8 Å². The molecule has 3 atom stereocenters. The number of hydrogen-bond acceptors (Lipinski definition) is 6. The van der Waals surface area contributed by atoms with Crippen LogP contribution in [0, 0.1) is 18.8 Å². The Morgan fingerprint density at radius 1 is 1.29 bits per heavy atom. The topological polar surface area (TPSA) is 88.8 Å². The summed E-state index contributed by atoms with van der Waals surface area (Å²) in [5.74, 6) is 1.43. The summed E-state index contributed by atoms with van der Waals surface area (Å²) >= 11 is 0. The van der Waals surface area contributed by atoms with Crippen molar-refractivity contribution in [1.82, 2.24) is 18.8 Å². The number of nitrogens with zero attached hydrogens (tertiary/aromatic N) is 4. The van der Waals surface area contributed by atoms with Gasteiger partial charge in [-0.1, -0.05) is 5.16 Å². The summed E-state index contributed by atoms with van der Waals surface area (Å²) in [6.07, 6.45) is 0. The van der Waals surface area contributed by atoms with Crippen LogP contribution in [0.4, 0.5) is 0 Å². The normalized spacial score (nSPS) is 30.8. The fraction of sp³-hybridized carbons (Fsp3) is 0.833. The Morgan fingerprint density at radius 2 is 2.05 bits per heavy atom. The van der Waals surface area contributed by atoms with Gasteiger partial charge in [-0.05, 0) is 12.8 Å². The summed E-state index contributed by atoms with van der Waals surface area (Å²) in [4.78, 5) is 4.28. The Labute approximate surface area is 124 Å². The molecule has 21 heavy (non-hydrogen) atoms. The third kappa shape index (κ3) is 2.59. The van der Waals surface area contributed by atoms with Crippen LogP contribution in [0.5, 0.6) is 0 Å². The lowest BCUT2D eigenvalue weighted by Gasteiger charge is -2.30. The molecule has 0 radical (unpaired) electrons. The van der Waals surface area contributed by atoms with Crippen LogP contribution in [0.1, 0.15) is 17.6 Å². The Kier molecular flexibility index (Phi) is 3.76. The van der Waals surface area contributed by atoms with Gasteiger partial charge in [-0.3, -0.25) is 0 Å². The second-order valence-electron chi connectivity index (χ2n) is 5.85. The summed E-state index contributed by atoms with van der Waals surface area (Å²) in [5, 5.41) is 3.82. The molecule has 0 aromatic carbocycles. The number of rotatable bonds is 3. The highest BCUT2D eigenvalue weighted by molar-refractivity contribution is 7.86. The molecule has 0 amide bonds. The summed E-state index contributed by atoms with van der Waals surface area (Å²) in [5.41, 5.74) is 0. The molecule has 0 spiro atoms. The first-order chi connectivity index (χ1) is 9.89. The SMILES string of the molecule is Cc1noc([C@H]2COC[C@H]3CN(S(=O)(=O)N(C)C)C[C@H]32)n1. The Morgan fingerprint density at radius 3 is 2.67 bits per heavy atom. The minimum absolute atomic E-state index is 0.0349. The summed E-state index contributed by atoms with van der Waals surface area (Å²) in [6, 6.07) is 0. The van der Waals surface area contributed by atoms with E-state index in [1.807, 2.05) is 0 Å². The molecule has 0 saturated carbocycles. The van der Waals surface area contributed by atoms with Gasteiger partial charge in [-0.15, -0.1) is 0 Å². The molecule has 1 aromatic rings. The summed E-state index contributed by atoms with van der Waals surface area (Å²) < 4.78 is 38.2. The van der Waals surface area contributed by atoms with Crippen LogP contribution in [0.2, 0.25) is 0 Å². The maximum absolute atomic E-state index is 12.3. The van der Waals surface area contributed by atoms with Gasteiger partial charge in [-0.2, -0.15) is 22.0 Å². The largest absolute Gasteiger partial charge is 0.380 e. The molecule has 2 saturated heterocycles. The molecule has 8 nitrogen and oxygen atoms in total. The van der Waals surface area contributed by atoms with Crippen LogP contribution in [-0.2, 0) is 14.9 Å². The molecule has 2 aliphatic heterocycles. The van der Waals surface area contributed by atoms with Crippen LogP contribution in [0.3, 0.4) is 0 Å². The molecule has 118 valence electrons. The van der Waals surface area contributed by atoms with E-state index in [1.54, 1.807) is 21.0 Å². The minimum atomic E-state index is -3.39. The standard InChI is InChI=1S/C12H20N4O4S/c1-8-13-12(20-14-8)11-7-19-6-9-4-16(5-10(9)11)21(17,18)15(2)3/h9-11H,4-7H2,1-3H3/t9-,10-,11+/m1/s1. The van der Waals surface area contributed by atoms with Crippen molar-refractivity contribution in [3.8, 4) is 0 Å². The van der Waals surface area contributed by atoms with Crippen LogP contribution in [-0.4, -0.2) is 67.6 Å². The fourth-order valence-electron chi connectivity index (χ4n) is 3.10. The highest BCUT2D eigenvalue weighted by Gasteiger charge is 2.47. The molecule has 2 fully saturated rings. The van der Waals surface area contributed by atoms with E-state index in [2.05, 4.69) is 10.1 Å². The molecule has 2 aliphatic rings. The third-order valence-electron chi connectivity index (χ3n) is 4.25. The third-order valence-corrected chi connectivity index (χ3v) is 6.13. The maximum Gasteiger partial charge on any atom is 0.281 e. The number of aryl methyl sites for hydroxylation is 1. The van der Waals surface area contributed by atoms with Gasteiger partial charge in [0.2, 0.25) is 5.89 Å². The molecular formula is C12H20N4O4S. The molecule has 3 heterocycles. The van der Waals surface area contributed by atoms with Gasteiger partial charge < -0.3 is 9.26 Å². The van der Waals surface area contributed by atoms with Crippen molar-refractivity contribution in [2.45, 2.75) is 12.8 Å². The predicted octanol–water partition coefficient (Wildman–Crippen LogP) is -0.154. The highest BCUT2D eigenvalue weighted by atomic mass is 32.2. The fourth-order valence-corrected chi connectivity index (χ4v) is 4.30. The second-order valence-corrected chi connectivity index (χ2v) is 8.00. The van der Waals surface area contributed by atoms with Crippen molar-refractivity contribution < 1.29 is 17.7 Å². The van der Waals surface area contributed by atoms with Gasteiger partial charge in [0.15, 0.2) is 5.82 Å². The van der Waals surface area contributed by atoms with Gasteiger partial charge >= 0.3 is 0 Å². The average Bonchev–Trinajstić information content (AvgIpc) is 3.04. The van der Waals surface area contributed by atoms with E-state index in [0.29, 0.717) is 38.0 Å². The predicted molar refractivity (Wildman–Crippen MR) is 73.8 cm³/mol. The number of ether oxygens (including phenoxy) is 1. The number of fused-ring (bicyclic) bond motifs is 1. The first-order valence-electron chi connectivity index (χ1n) is 6.95. The van der Waals surface area contributed by atoms with Crippen LogP contribution < -0.4 is 0 Å². The van der Waals surface area contributed by atoms with E-state index in [0.717, 1.165) is 0 Å². The first kappa shape index (κ1) is 14.9. The quantitative estimate of drug-likeness (QED) is 0.770. The molecule has 0 unspecified atom stereocenters. The van der Waals surface area contributed by atoms with Crippen molar-refractivity contribution >= 4 is 10.2 Å². The van der Waals surface area contributed by atoms with Gasteiger partial charge in [0, 0.05) is 33.1 Å². The molecule has 0 N–H and O–H groups in total. The second kappa shape index (κ2) is 5.31. The molecule has 0 aliphatic carbocycles. The molecule has 3 rings (SSSR count). The van der Waals surface area contributed by atoms with Gasteiger partial charge in [0.05, 0.1) is 19.1 Å². The monoisotopic (exact) mass is 316 g/mol. The van der Waals surface area contributed by atoms with E-state index in [9.17, 15) is 8.42 Å². The Bertz CT molecular complexity index is 615. The van der Waals surface area contributed by atoms with Gasteiger partial charge in [-0.25, -0.2) is 0 Å². The molecular weight excluding hydrogens is 296 g/mol. The van der Waals surface area contributed by atoms with Crippen LogP contribution in [0.15, 0.2) is 4.52 Å². The molecule has 0 bridgehead atoms. The van der Waals surface area contributed by atoms with E-state index in [1.165, 1.54) is 8.61 Å². The van der Waals surface area contributed by atoms with Crippen molar-refractivity contribution in [2.75, 3.05) is 40.4 Å². The lowest BCUT2D eigenvalue weighted by atomic mass is 9.83. The highest BCUT2D eigenvalue weighted by Crippen LogP contribution is 2.40. The van der Waals surface area contributed by atoms with Gasteiger partial charge in [0.25, 0.3) is 10.2 Å². The van der Waals surface area contributed by atoms with Gasteiger partial charge in [0.1, 0.15) is 0 Å². The number of hydrogen-bond donors (Lipinski definition) is 0. The Balaban J connectivity index is 1.83. The van der Waals surface area contributed by atoms with E-state index >= 15 is 0 Å². The zero-order valence-electron chi connectivity index (χ0n) is 12.4. The lowest BCUT2D eigenvalue weighted by molar-refractivity contribution is 0.00993. The Hall–Kier alpha value is -1.03. The zero-order chi connectivity index (χ0) is 15.2. The van der Waals surface area contributed by atoms with E-state index < -0.39 is 10.2 Å². The molecule has 9 heteroatoms. The van der Waals surface area contributed by atoms with Crippen molar-refractivity contribution in [3.05, 3.63) is 11.7 Å². The summed E-state index contributed by atoms with van der Waals surface area (Å²) in [6.45, 7) is 3.80. The average molecular weight is 316 g/mol. The van der Waals surface area contributed by atoms with Crippen LogP contribution >= 0.6 is 0 Å². The summed E-state index contributed by atoms with van der Waals surface area (Å²) in [7, 11) is -0.294. The zero-order valence-corrected chi connectivity index (χ0v) is 13.2. The lowest BCUT2D eigenvalue weighted by Crippen LogP contribution is -2.39. The van der Waals surface area contributed by atoms with E-state index in [4.69, 9.17) is 9.26 Å². The van der Waals surface area contributed by atoms with Crippen LogP contribution in [0.25, 0.3) is 0 Å². The van der Waals surface area contributed by atoms with Crippen molar-refractivity contribution in [2.24, 2.45) is 11.8 Å². The first-order valence-corrected chi connectivity index (χ1v) is 8.35. The maximum atomic E-state index is 12.3. The van der Waals surface area contributed by atoms with Crippen molar-refractivity contribution in [3.63, 3.8) is 0 Å². The smallest absolute Gasteiger partial charge is 0.281 e. The van der Waals surface area contributed by atoms with Crippen molar-refractivity contribution in [1.29, 1.82) is 0 Å². The molecule has 1 aromatic heterocycles. The number of aromatic nitrogens is 2.